The quantitative estimate of drug-likeness (QED) is 0.831. The van der Waals surface area contributed by atoms with Crippen LogP contribution in [0.1, 0.15) is 13.8 Å². The Morgan fingerprint density at radius 2 is 2.20 bits per heavy atom. The molecule has 2 rings (SSSR count). The third-order valence-corrected chi connectivity index (χ3v) is 4.08. The predicted molar refractivity (Wildman–Crippen MR) is 70.9 cm³/mol. The van der Waals surface area contributed by atoms with E-state index in [9.17, 15) is 0 Å². The van der Waals surface area contributed by atoms with Gasteiger partial charge in [-0.05, 0) is 41.2 Å². The molecule has 0 amide bonds. The smallest absolute Gasteiger partial charge is 0.146 e. The number of hydrogen-bond donors (Lipinski definition) is 0. The van der Waals surface area contributed by atoms with Gasteiger partial charge in [0.1, 0.15) is 5.82 Å². The average Bonchev–Trinajstić information content (AvgIpc) is 2.66. The molecule has 2 aromatic rings. The highest BCUT2D eigenvalue weighted by Crippen LogP contribution is 2.34. The molecule has 0 aliphatic carbocycles. The van der Waals surface area contributed by atoms with Gasteiger partial charge in [-0.3, -0.25) is 0 Å². The molecule has 4 heteroatoms. The molecule has 0 radical (unpaired) electrons. The highest BCUT2D eigenvalue weighted by atomic mass is 79.9. The van der Waals surface area contributed by atoms with Crippen LogP contribution < -0.4 is 4.90 Å². The fourth-order valence-corrected chi connectivity index (χ4v) is 2.92. The zero-order valence-electron chi connectivity index (χ0n) is 8.99. The van der Waals surface area contributed by atoms with Crippen LogP contribution in [0.15, 0.2) is 22.1 Å². The molecule has 0 saturated heterocycles. The van der Waals surface area contributed by atoms with E-state index in [0.717, 1.165) is 10.3 Å². The Labute approximate surface area is 102 Å². The van der Waals surface area contributed by atoms with Crippen molar-refractivity contribution in [3.8, 4) is 0 Å². The van der Waals surface area contributed by atoms with E-state index in [1.165, 1.54) is 10.1 Å². The van der Waals surface area contributed by atoms with Crippen molar-refractivity contribution in [1.82, 2.24) is 4.98 Å². The van der Waals surface area contributed by atoms with Crippen molar-refractivity contribution in [3.63, 3.8) is 0 Å². The van der Waals surface area contributed by atoms with Gasteiger partial charge in [-0.15, -0.1) is 11.3 Å². The van der Waals surface area contributed by atoms with Gasteiger partial charge in [-0.2, -0.15) is 0 Å². The maximum atomic E-state index is 4.49. The lowest BCUT2D eigenvalue weighted by atomic mass is 10.3. The van der Waals surface area contributed by atoms with Crippen LogP contribution in [0.25, 0.3) is 10.1 Å². The minimum Gasteiger partial charge on any atom is -0.356 e. The van der Waals surface area contributed by atoms with Crippen molar-refractivity contribution in [2.45, 2.75) is 19.9 Å². The lowest BCUT2D eigenvalue weighted by molar-refractivity contribution is 0.747. The summed E-state index contributed by atoms with van der Waals surface area (Å²) in [6.45, 7) is 4.34. The molecule has 0 saturated carbocycles. The third-order valence-electron chi connectivity index (χ3n) is 2.53. The maximum absolute atomic E-state index is 4.49. The van der Waals surface area contributed by atoms with Gasteiger partial charge in [0, 0.05) is 29.1 Å². The van der Waals surface area contributed by atoms with E-state index in [4.69, 9.17) is 0 Å². The van der Waals surface area contributed by atoms with E-state index >= 15 is 0 Å². The second-order valence-corrected chi connectivity index (χ2v) is 5.57. The summed E-state index contributed by atoms with van der Waals surface area (Å²) in [7, 11) is 2.08. The van der Waals surface area contributed by atoms with Gasteiger partial charge in [0.15, 0.2) is 0 Å². The number of thiophene rings is 1. The summed E-state index contributed by atoms with van der Waals surface area (Å²) in [6, 6.07) is 2.59. The molecule has 0 atom stereocenters. The SMILES string of the molecule is CC(C)N(C)c1ncc(Br)c2ccsc12. The first kappa shape index (κ1) is 10.9. The molecule has 0 bridgehead atoms. The first-order valence-electron chi connectivity index (χ1n) is 4.86. The summed E-state index contributed by atoms with van der Waals surface area (Å²) in [4.78, 5) is 6.69. The number of pyridine rings is 1. The Kier molecular flexibility index (Phi) is 2.98. The van der Waals surface area contributed by atoms with Crippen LogP contribution in [-0.4, -0.2) is 18.1 Å². The third kappa shape index (κ3) is 1.88. The van der Waals surface area contributed by atoms with Gasteiger partial charge < -0.3 is 4.90 Å². The van der Waals surface area contributed by atoms with E-state index in [2.05, 4.69) is 58.2 Å². The molecule has 0 aromatic carbocycles. The molecule has 0 fully saturated rings. The summed E-state index contributed by atoms with van der Waals surface area (Å²) >= 11 is 5.26. The molecule has 0 unspecified atom stereocenters. The van der Waals surface area contributed by atoms with Crippen molar-refractivity contribution in [3.05, 3.63) is 22.1 Å². The largest absolute Gasteiger partial charge is 0.356 e. The van der Waals surface area contributed by atoms with Gasteiger partial charge in [-0.1, -0.05) is 0 Å². The molecule has 0 aliphatic heterocycles. The number of fused-ring (bicyclic) bond motifs is 1. The number of halogens is 1. The van der Waals surface area contributed by atoms with Crippen LogP contribution in [0, 0.1) is 0 Å². The van der Waals surface area contributed by atoms with E-state index in [1.54, 1.807) is 11.3 Å². The average molecular weight is 285 g/mol. The zero-order chi connectivity index (χ0) is 11.0. The van der Waals surface area contributed by atoms with Crippen molar-refractivity contribution in [2.24, 2.45) is 0 Å². The normalized spacial score (nSPS) is 11.3. The molecule has 2 nitrogen and oxygen atoms in total. The number of rotatable bonds is 2. The molecule has 80 valence electrons. The highest BCUT2D eigenvalue weighted by Gasteiger charge is 2.12. The zero-order valence-corrected chi connectivity index (χ0v) is 11.4. The molecule has 2 heterocycles. The van der Waals surface area contributed by atoms with Crippen molar-refractivity contribution in [2.75, 3.05) is 11.9 Å². The Hall–Kier alpha value is -0.610. The molecule has 15 heavy (non-hydrogen) atoms. The first-order valence-corrected chi connectivity index (χ1v) is 6.53. The van der Waals surface area contributed by atoms with Crippen molar-refractivity contribution in [1.29, 1.82) is 0 Å². The highest BCUT2D eigenvalue weighted by molar-refractivity contribution is 9.10. The van der Waals surface area contributed by atoms with Crippen LogP contribution in [0.5, 0.6) is 0 Å². The van der Waals surface area contributed by atoms with Crippen LogP contribution in [0.3, 0.4) is 0 Å². The molecule has 2 aromatic heterocycles. The summed E-state index contributed by atoms with van der Waals surface area (Å²) in [5.41, 5.74) is 0. The fourth-order valence-electron chi connectivity index (χ4n) is 1.41. The van der Waals surface area contributed by atoms with Gasteiger partial charge >= 0.3 is 0 Å². The molecular formula is C11H13BrN2S. The fraction of sp³-hybridized carbons (Fsp3) is 0.364. The van der Waals surface area contributed by atoms with Crippen LogP contribution in [0.2, 0.25) is 0 Å². The lowest BCUT2D eigenvalue weighted by Gasteiger charge is -2.23. The monoisotopic (exact) mass is 284 g/mol. The van der Waals surface area contributed by atoms with E-state index in [0.29, 0.717) is 6.04 Å². The number of aromatic nitrogens is 1. The topological polar surface area (TPSA) is 16.1 Å². The molecule has 0 N–H and O–H groups in total. The van der Waals surface area contributed by atoms with E-state index in [1.807, 2.05) is 6.20 Å². The Morgan fingerprint density at radius 1 is 1.47 bits per heavy atom. The minimum atomic E-state index is 0.462. The van der Waals surface area contributed by atoms with Crippen molar-refractivity contribution >= 4 is 43.2 Å². The summed E-state index contributed by atoms with van der Waals surface area (Å²) in [5.74, 6) is 1.07. The molecule has 0 aliphatic rings. The van der Waals surface area contributed by atoms with Crippen LogP contribution in [0.4, 0.5) is 5.82 Å². The minimum absolute atomic E-state index is 0.462. The number of anilines is 1. The van der Waals surface area contributed by atoms with Gasteiger partial charge in [0.25, 0.3) is 0 Å². The maximum Gasteiger partial charge on any atom is 0.146 e. The molecular weight excluding hydrogens is 272 g/mol. The van der Waals surface area contributed by atoms with Crippen LogP contribution in [-0.2, 0) is 0 Å². The predicted octanol–water partition coefficient (Wildman–Crippen LogP) is 3.90. The first-order chi connectivity index (χ1) is 7.11. The number of hydrogen-bond acceptors (Lipinski definition) is 3. The van der Waals surface area contributed by atoms with Gasteiger partial charge in [0.05, 0.1) is 4.70 Å². The Bertz CT molecular complexity index is 478. The van der Waals surface area contributed by atoms with Gasteiger partial charge in [0.2, 0.25) is 0 Å². The second kappa shape index (κ2) is 4.10. The van der Waals surface area contributed by atoms with Crippen LogP contribution >= 0.6 is 27.3 Å². The lowest BCUT2D eigenvalue weighted by Crippen LogP contribution is -2.26. The Balaban J connectivity index is 2.62. The standard InChI is InChI=1S/C11H13BrN2S/c1-7(2)14(3)11-10-8(4-5-15-10)9(12)6-13-11/h4-7H,1-3H3. The molecule has 0 spiro atoms. The number of nitrogens with zero attached hydrogens (tertiary/aromatic N) is 2. The summed E-state index contributed by atoms with van der Waals surface area (Å²) < 4.78 is 2.32. The van der Waals surface area contributed by atoms with Gasteiger partial charge in [-0.25, -0.2) is 4.98 Å². The second-order valence-electron chi connectivity index (χ2n) is 3.80. The summed E-state index contributed by atoms with van der Waals surface area (Å²) in [5, 5.41) is 3.35. The van der Waals surface area contributed by atoms with Crippen molar-refractivity contribution < 1.29 is 0 Å². The summed E-state index contributed by atoms with van der Waals surface area (Å²) in [6.07, 6.45) is 1.88. The van der Waals surface area contributed by atoms with E-state index < -0.39 is 0 Å². The van der Waals surface area contributed by atoms with E-state index in [-0.39, 0.29) is 0 Å². The Morgan fingerprint density at radius 3 is 2.87 bits per heavy atom.